The molecule has 0 saturated heterocycles. The molecule has 2 aromatic rings. The fraction of sp³-hybridized carbons (Fsp3) is 0.632. The zero-order valence-electron chi connectivity index (χ0n) is 16.1. The molecule has 138 valence electrons. The predicted molar refractivity (Wildman–Crippen MR) is 99.7 cm³/mol. The number of nitrogens with zero attached hydrogens (tertiary/aromatic N) is 2. The summed E-state index contributed by atoms with van der Waals surface area (Å²) in [6.45, 7) is 12.5. The van der Waals surface area contributed by atoms with Gasteiger partial charge in [0.1, 0.15) is 0 Å². The molecule has 1 amide bonds. The van der Waals surface area contributed by atoms with E-state index in [0.717, 1.165) is 12.8 Å². The normalized spacial score (nSPS) is 13.4. The van der Waals surface area contributed by atoms with Crippen LogP contribution in [0.1, 0.15) is 58.7 Å². The monoisotopic (exact) mass is 346 g/mol. The number of carbonyl (C=O) groups is 1. The molecule has 25 heavy (non-hydrogen) atoms. The van der Waals surface area contributed by atoms with Gasteiger partial charge in [-0.25, -0.2) is 9.50 Å². The van der Waals surface area contributed by atoms with Crippen LogP contribution in [-0.4, -0.2) is 26.5 Å². The molecule has 6 heteroatoms. The van der Waals surface area contributed by atoms with Crippen LogP contribution in [0.4, 0.5) is 0 Å². The van der Waals surface area contributed by atoms with Gasteiger partial charge in [-0.15, -0.1) is 0 Å². The fourth-order valence-electron chi connectivity index (χ4n) is 2.94. The second kappa shape index (κ2) is 7.42. The number of hydrogen-bond acceptors (Lipinski definition) is 3. The zero-order chi connectivity index (χ0) is 18.8. The topological polar surface area (TPSA) is 79.3 Å². The Labute approximate surface area is 149 Å². The van der Waals surface area contributed by atoms with Crippen molar-refractivity contribution in [3.63, 3.8) is 0 Å². The molecule has 2 N–H and O–H groups in total. The van der Waals surface area contributed by atoms with E-state index in [-0.39, 0.29) is 29.3 Å². The van der Waals surface area contributed by atoms with E-state index in [9.17, 15) is 9.59 Å². The van der Waals surface area contributed by atoms with Crippen molar-refractivity contribution in [3.8, 4) is 0 Å². The molecule has 0 radical (unpaired) electrons. The largest absolute Gasteiger partial charge is 0.353 e. The highest BCUT2D eigenvalue weighted by molar-refractivity contribution is 5.79. The van der Waals surface area contributed by atoms with E-state index < -0.39 is 0 Å². The Morgan fingerprint density at radius 2 is 2.00 bits per heavy atom. The number of rotatable bonds is 6. The highest BCUT2D eigenvalue weighted by atomic mass is 16.2. The maximum atomic E-state index is 12.6. The molecule has 2 heterocycles. The quantitative estimate of drug-likeness (QED) is 0.844. The smallest absolute Gasteiger partial charge is 0.276 e. The van der Waals surface area contributed by atoms with Gasteiger partial charge in [0.2, 0.25) is 5.91 Å². The molecule has 0 unspecified atom stereocenters. The summed E-state index contributed by atoms with van der Waals surface area (Å²) in [5.41, 5.74) is 1.37. The Morgan fingerprint density at radius 3 is 2.60 bits per heavy atom. The number of aryl methyl sites for hydroxylation is 1. The summed E-state index contributed by atoms with van der Waals surface area (Å²) >= 11 is 0. The Morgan fingerprint density at radius 1 is 1.32 bits per heavy atom. The maximum Gasteiger partial charge on any atom is 0.276 e. The van der Waals surface area contributed by atoms with Gasteiger partial charge in [0.05, 0.1) is 6.42 Å². The van der Waals surface area contributed by atoms with E-state index >= 15 is 0 Å². The number of H-pyrrole nitrogens is 1. The average Bonchev–Trinajstić information content (AvgIpc) is 2.94. The minimum Gasteiger partial charge on any atom is -0.353 e. The molecule has 0 spiro atoms. The maximum absolute atomic E-state index is 12.6. The highest BCUT2D eigenvalue weighted by Crippen LogP contribution is 2.24. The van der Waals surface area contributed by atoms with Crippen molar-refractivity contribution < 1.29 is 4.79 Å². The van der Waals surface area contributed by atoms with E-state index in [2.05, 4.69) is 50.0 Å². The van der Waals surface area contributed by atoms with Gasteiger partial charge in [0, 0.05) is 29.6 Å². The van der Waals surface area contributed by atoms with Gasteiger partial charge in [-0.05, 0) is 31.1 Å². The van der Waals surface area contributed by atoms with Crippen molar-refractivity contribution in [1.29, 1.82) is 0 Å². The molecule has 2 aromatic heterocycles. The average molecular weight is 346 g/mol. The first-order chi connectivity index (χ1) is 11.6. The first kappa shape index (κ1) is 19.2. The van der Waals surface area contributed by atoms with E-state index in [1.807, 2.05) is 0 Å². The lowest BCUT2D eigenvalue weighted by Crippen LogP contribution is -2.45. The third-order valence-corrected chi connectivity index (χ3v) is 4.60. The molecule has 0 aliphatic rings. The van der Waals surface area contributed by atoms with Crippen molar-refractivity contribution in [2.24, 2.45) is 11.3 Å². The molecule has 0 saturated carbocycles. The molecular formula is C19H30N4O2. The first-order valence-electron chi connectivity index (χ1n) is 8.94. The minimum atomic E-state index is -0.211. The van der Waals surface area contributed by atoms with Crippen LogP contribution in [0.2, 0.25) is 0 Å². The summed E-state index contributed by atoms with van der Waals surface area (Å²) in [5.74, 6) is 0.463. The van der Waals surface area contributed by atoms with Crippen LogP contribution in [-0.2, 0) is 11.2 Å². The van der Waals surface area contributed by atoms with Gasteiger partial charge in [0.25, 0.3) is 5.56 Å². The van der Waals surface area contributed by atoms with Crippen molar-refractivity contribution in [3.05, 3.63) is 33.9 Å². The number of nitrogens with one attached hydrogen (secondary N) is 2. The van der Waals surface area contributed by atoms with E-state index in [1.54, 1.807) is 19.2 Å². The summed E-state index contributed by atoms with van der Waals surface area (Å²) in [4.78, 5) is 29.5. The lowest BCUT2D eigenvalue weighted by molar-refractivity contribution is -0.122. The third kappa shape index (κ3) is 4.71. The van der Waals surface area contributed by atoms with Crippen molar-refractivity contribution in [1.82, 2.24) is 19.9 Å². The van der Waals surface area contributed by atoms with Crippen molar-refractivity contribution >= 4 is 11.6 Å². The molecular weight excluding hydrogens is 316 g/mol. The van der Waals surface area contributed by atoms with Gasteiger partial charge < -0.3 is 5.32 Å². The number of amides is 1. The van der Waals surface area contributed by atoms with E-state index in [4.69, 9.17) is 0 Å². The highest BCUT2D eigenvalue weighted by Gasteiger charge is 2.26. The number of carbonyl (C=O) groups excluding carboxylic acids is 1. The number of aromatic nitrogens is 3. The lowest BCUT2D eigenvalue weighted by Gasteiger charge is -2.32. The molecule has 0 fully saturated rings. The molecule has 0 aliphatic carbocycles. The SMILES string of the molecule is Cc1nc2cc[nH]n2c(=O)c1CC(=O)N[C@@H](CCC(C)C)C(C)(C)C. The first-order valence-corrected chi connectivity index (χ1v) is 8.94. The van der Waals surface area contributed by atoms with E-state index in [1.165, 1.54) is 4.52 Å². The van der Waals surface area contributed by atoms with Crippen molar-refractivity contribution in [2.45, 2.75) is 66.8 Å². The Kier molecular flexibility index (Phi) is 5.70. The molecule has 0 bridgehead atoms. The van der Waals surface area contributed by atoms with Crippen LogP contribution in [0.5, 0.6) is 0 Å². The van der Waals surface area contributed by atoms with Gasteiger partial charge in [-0.1, -0.05) is 34.6 Å². The second-order valence-corrected chi connectivity index (χ2v) is 8.27. The molecule has 0 aliphatic heterocycles. The summed E-state index contributed by atoms with van der Waals surface area (Å²) in [6.07, 6.45) is 3.70. The lowest BCUT2D eigenvalue weighted by atomic mass is 9.82. The van der Waals surface area contributed by atoms with E-state index in [0.29, 0.717) is 22.8 Å². The second-order valence-electron chi connectivity index (χ2n) is 8.27. The van der Waals surface area contributed by atoms with Crippen LogP contribution in [0.15, 0.2) is 17.1 Å². The van der Waals surface area contributed by atoms with Gasteiger partial charge >= 0.3 is 0 Å². The Hall–Kier alpha value is -2.11. The number of aromatic amines is 1. The summed E-state index contributed by atoms with van der Waals surface area (Å²) in [7, 11) is 0. The number of hydrogen-bond donors (Lipinski definition) is 2. The summed E-state index contributed by atoms with van der Waals surface area (Å²) < 4.78 is 1.37. The molecule has 0 aromatic carbocycles. The van der Waals surface area contributed by atoms with Crippen LogP contribution in [0, 0.1) is 18.3 Å². The third-order valence-electron chi connectivity index (χ3n) is 4.60. The molecule has 2 rings (SSSR count). The van der Waals surface area contributed by atoms with Gasteiger partial charge in [0.15, 0.2) is 5.65 Å². The zero-order valence-corrected chi connectivity index (χ0v) is 16.1. The summed E-state index contributed by atoms with van der Waals surface area (Å²) in [5, 5.41) is 5.97. The van der Waals surface area contributed by atoms with Crippen LogP contribution >= 0.6 is 0 Å². The fourth-order valence-corrected chi connectivity index (χ4v) is 2.94. The van der Waals surface area contributed by atoms with Gasteiger partial charge in [-0.2, -0.15) is 0 Å². The standard InChI is InChI=1S/C19H30N4O2/c1-12(2)7-8-15(19(4,5)6)22-17(24)11-14-13(3)21-16-9-10-20-23(16)18(14)25/h9-10,12,15,20H,7-8,11H2,1-6H3,(H,22,24)/t15-/m0/s1. The predicted octanol–water partition coefficient (Wildman–Crippen LogP) is 2.84. The Balaban J connectivity index is 2.16. The van der Waals surface area contributed by atoms with Gasteiger partial charge in [-0.3, -0.25) is 14.7 Å². The van der Waals surface area contributed by atoms with Crippen LogP contribution in [0.25, 0.3) is 5.65 Å². The Bertz CT molecular complexity index is 796. The number of fused-ring (bicyclic) bond motifs is 1. The van der Waals surface area contributed by atoms with Crippen LogP contribution < -0.4 is 10.9 Å². The molecule has 1 atom stereocenters. The molecule has 6 nitrogen and oxygen atoms in total. The summed E-state index contributed by atoms with van der Waals surface area (Å²) in [6, 6.07) is 1.81. The minimum absolute atomic E-state index is 0.0314. The van der Waals surface area contributed by atoms with Crippen LogP contribution in [0.3, 0.4) is 0 Å². The van der Waals surface area contributed by atoms with Crippen molar-refractivity contribution in [2.75, 3.05) is 0 Å².